The molecule has 3 N–H and O–H groups in total. The predicted molar refractivity (Wildman–Crippen MR) is 185 cm³/mol. The Morgan fingerprint density at radius 2 is 0.750 bits per heavy atom. The zero-order valence-corrected chi connectivity index (χ0v) is 32.8. The summed E-state index contributed by atoms with van der Waals surface area (Å²) in [4.78, 5) is 116. The molecule has 0 rings (SSSR count). The van der Waals surface area contributed by atoms with Crippen molar-refractivity contribution in [2.24, 2.45) is 11.8 Å². The molecule has 0 aliphatic rings. The third kappa shape index (κ3) is 22.4. The molecule has 296 valence electrons. The number of carboxylic acid groups (broad SMARTS) is 1. The summed E-state index contributed by atoms with van der Waals surface area (Å²) in [6.07, 6.45) is -4.01. The monoisotopic (exact) mass is 742 g/mol. The minimum Gasteiger partial charge on any atom is -0.480 e. The molecule has 0 spiro atoms. The number of hydrogen-bond acceptors (Lipinski definition) is 13. The van der Waals surface area contributed by atoms with Crippen molar-refractivity contribution in [1.82, 2.24) is 10.6 Å². The van der Waals surface area contributed by atoms with Crippen molar-refractivity contribution in [2.75, 3.05) is 0 Å². The van der Waals surface area contributed by atoms with Crippen LogP contribution in [0.15, 0.2) is 0 Å². The zero-order chi connectivity index (χ0) is 41.0. The Kier molecular flexibility index (Phi) is 17.8. The van der Waals surface area contributed by atoms with Gasteiger partial charge in [-0.2, -0.15) is 0 Å². The fourth-order valence-corrected chi connectivity index (χ4v) is 4.54. The van der Waals surface area contributed by atoms with Crippen molar-refractivity contribution in [3.63, 3.8) is 0 Å². The van der Waals surface area contributed by atoms with Crippen LogP contribution in [0.1, 0.15) is 129 Å². The molecule has 52 heavy (non-hydrogen) atoms. The highest BCUT2D eigenvalue weighted by Crippen LogP contribution is 2.21. The first-order chi connectivity index (χ1) is 23.3. The van der Waals surface area contributed by atoms with Crippen molar-refractivity contribution in [3.8, 4) is 0 Å². The van der Waals surface area contributed by atoms with E-state index in [2.05, 4.69) is 10.6 Å². The molecule has 4 atom stereocenters. The van der Waals surface area contributed by atoms with Gasteiger partial charge in [-0.25, -0.2) is 4.79 Å². The Morgan fingerprint density at radius 3 is 1.06 bits per heavy atom. The van der Waals surface area contributed by atoms with Gasteiger partial charge in [0, 0.05) is 12.8 Å². The lowest BCUT2D eigenvalue weighted by molar-refractivity contribution is -0.160. The van der Waals surface area contributed by atoms with Crippen molar-refractivity contribution < 1.29 is 67.2 Å². The van der Waals surface area contributed by atoms with Gasteiger partial charge in [-0.1, -0.05) is 0 Å². The Hall–Kier alpha value is -4.37. The van der Waals surface area contributed by atoms with Crippen molar-refractivity contribution in [1.29, 1.82) is 0 Å². The lowest BCUT2D eigenvalue weighted by Gasteiger charge is -2.26. The topological polar surface area (TPSA) is 235 Å². The summed E-state index contributed by atoms with van der Waals surface area (Å²) < 4.78 is 21.1. The Morgan fingerprint density at radius 1 is 0.462 bits per heavy atom. The van der Waals surface area contributed by atoms with Crippen LogP contribution in [-0.4, -0.2) is 92.8 Å². The van der Waals surface area contributed by atoms with Gasteiger partial charge in [-0.05, 0) is 90.0 Å². The largest absolute Gasteiger partial charge is 0.480 e. The first-order valence-electron chi connectivity index (χ1n) is 17.0. The van der Waals surface area contributed by atoms with Gasteiger partial charge in [-0.15, -0.1) is 0 Å². The van der Waals surface area contributed by atoms with Crippen molar-refractivity contribution in [3.05, 3.63) is 0 Å². The smallest absolute Gasteiger partial charge is 0.326 e. The molecule has 0 saturated carbocycles. The number of amides is 2. The number of nitrogens with one attached hydrogen (secondary N) is 2. The number of carbonyl (C=O) groups is 9. The van der Waals surface area contributed by atoms with Gasteiger partial charge in [0.1, 0.15) is 34.2 Å². The number of hydrogen-bond donors (Lipinski definition) is 3. The number of carboxylic acids is 1. The van der Waals surface area contributed by atoms with Crippen LogP contribution in [0.4, 0.5) is 0 Å². The zero-order valence-electron chi connectivity index (χ0n) is 32.8. The number of ketones is 2. The standard InChI is InChI=1S/C36H58N2O14/c1-20(39)14-21(16-26(41)49-33(2,3)4)30(45)37-23(18-28(43)51-35(8,9)10)25(40)15-22(17-27(42)50-34(5,6)7)31(46)38-24(32(47)48)19-29(44)52-36(11,12)13/h21-24H,14-19H2,1-13H3,(H,37,45)(H,38,46)(H,47,48). The SMILES string of the molecule is CC(=O)CC(CC(=O)OC(C)(C)C)C(=O)NC(CC(=O)OC(C)(C)C)C(=O)CC(CC(=O)OC(C)(C)C)C(=O)NC(CC(=O)OC(C)(C)C)C(=O)O. The number of Topliss-reactive ketones (excluding diaryl/α,β-unsaturated/α-hetero) is 2. The van der Waals surface area contributed by atoms with Crippen LogP contribution in [0.5, 0.6) is 0 Å². The van der Waals surface area contributed by atoms with E-state index >= 15 is 0 Å². The van der Waals surface area contributed by atoms with Gasteiger partial charge < -0.3 is 39.5 Å². The fraction of sp³-hybridized carbons (Fsp3) is 0.750. The summed E-state index contributed by atoms with van der Waals surface area (Å²) in [5, 5.41) is 14.3. The second kappa shape index (κ2) is 19.5. The molecular formula is C36H58N2O14. The average molecular weight is 743 g/mol. The number of esters is 4. The number of aliphatic carboxylic acids is 1. The van der Waals surface area contributed by atoms with Crippen molar-refractivity contribution >= 4 is 53.2 Å². The molecule has 2 amide bonds. The maximum Gasteiger partial charge on any atom is 0.326 e. The van der Waals surface area contributed by atoms with Crippen LogP contribution in [0.25, 0.3) is 0 Å². The highest BCUT2D eigenvalue weighted by molar-refractivity contribution is 5.98. The second-order valence-electron chi connectivity index (χ2n) is 16.6. The Bertz CT molecular complexity index is 1340. The molecule has 0 heterocycles. The quantitative estimate of drug-likeness (QED) is 0.135. The second-order valence-corrected chi connectivity index (χ2v) is 16.6. The van der Waals surface area contributed by atoms with Crippen LogP contribution in [0.3, 0.4) is 0 Å². The minimum atomic E-state index is -1.81. The maximum absolute atomic E-state index is 13.9. The molecule has 4 unspecified atom stereocenters. The molecule has 0 aromatic heterocycles. The molecule has 0 radical (unpaired) electrons. The molecule has 0 saturated heterocycles. The Balaban J connectivity index is 6.64. The van der Waals surface area contributed by atoms with Gasteiger partial charge in [0.15, 0.2) is 5.78 Å². The molecule has 16 heteroatoms. The summed E-state index contributed by atoms with van der Waals surface area (Å²) in [7, 11) is 0. The van der Waals surface area contributed by atoms with E-state index in [-0.39, 0.29) is 0 Å². The minimum absolute atomic E-state index is 0.406. The van der Waals surface area contributed by atoms with E-state index in [0.717, 1.165) is 0 Å². The van der Waals surface area contributed by atoms with Gasteiger partial charge in [0.05, 0.1) is 43.6 Å². The first kappa shape index (κ1) is 47.6. The number of rotatable bonds is 18. The van der Waals surface area contributed by atoms with E-state index in [9.17, 15) is 48.3 Å². The van der Waals surface area contributed by atoms with Crippen LogP contribution in [0.2, 0.25) is 0 Å². The molecule has 0 aromatic carbocycles. The van der Waals surface area contributed by atoms with E-state index < -0.39 is 138 Å². The summed E-state index contributed by atoms with van der Waals surface area (Å²) in [6.45, 7) is 20.1. The van der Waals surface area contributed by atoms with Gasteiger partial charge >= 0.3 is 29.8 Å². The van der Waals surface area contributed by atoms with Crippen molar-refractivity contribution in [2.45, 2.75) is 163 Å². The van der Waals surface area contributed by atoms with E-state index in [0.29, 0.717) is 0 Å². The van der Waals surface area contributed by atoms with Crippen LogP contribution in [-0.2, 0) is 62.1 Å². The lowest BCUT2D eigenvalue weighted by Crippen LogP contribution is -2.49. The highest BCUT2D eigenvalue weighted by Gasteiger charge is 2.37. The summed E-state index contributed by atoms with van der Waals surface area (Å²) in [5.41, 5.74) is -3.86. The predicted octanol–water partition coefficient (Wildman–Crippen LogP) is 3.14. The third-order valence-corrected chi connectivity index (χ3v) is 6.29. The molecule has 0 aromatic rings. The molecule has 0 aliphatic carbocycles. The summed E-state index contributed by atoms with van der Waals surface area (Å²) >= 11 is 0. The summed E-state index contributed by atoms with van der Waals surface area (Å²) in [5.74, 6) is -11.5. The van der Waals surface area contributed by atoms with E-state index in [4.69, 9.17) is 18.9 Å². The fourth-order valence-electron chi connectivity index (χ4n) is 4.54. The van der Waals surface area contributed by atoms with E-state index in [1.807, 2.05) is 0 Å². The van der Waals surface area contributed by atoms with Gasteiger partial charge in [0.25, 0.3) is 0 Å². The lowest BCUT2D eigenvalue weighted by atomic mass is 9.92. The maximum atomic E-state index is 13.9. The van der Waals surface area contributed by atoms with E-state index in [1.54, 1.807) is 83.1 Å². The Labute approximate surface area is 305 Å². The third-order valence-electron chi connectivity index (χ3n) is 6.29. The average Bonchev–Trinajstić information content (AvgIpc) is 2.86. The molecule has 16 nitrogen and oxygen atoms in total. The summed E-state index contributed by atoms with van der Waals surface area (Å²) in [6, 6.07) is -3.49. The van der Waals surface area contributed by atoms with Crippen LogP contribution >= 0.6 is 0 Å². The highest BCUT2D eigenvalue weighted by atomic mass is 16.6. The number of ether oxygens (including phenoxy) is 4. The molecule has 0 aliphatic heterocycles. The van der Waals surface area contributed by atoms with Crippen LogP contribution < -0.4 is 10.6 Å². The first-order valence-corrected chi connectivity index (χ1v) is 17.0. The van der Waals surface area contributed by atoms with Gasteiger partial charge in [-0.3, -0.25) is 33.6 Å². The van der Waals surface area contributed by atoms with Gasteiger partial charge in [0.2, 0.25) is 11.8 Å². The van der Waals surface area contributed by atoms with Crippen LogP contribution in [0, 0.1) is 11.8 Å². The molecule has 0 fully saturated rings. The van der Waals surface area contributed by atoms with E-state index in [1.165, 1.54) is 6.92 Å². The number of carbonyl (C=O) groups excluding carboxylic acids is 8. The molecular weight excluding hydrogens is 684 g/mol. The molecule has 0 bridgehead atoms. The normalized spacial score (nSPS) is 14.4.